The van der Waals surface area contributed by atoms with Crippen LogP contribution in [0.5, 0.6) is 0 Å². The molecule has 1 aliphatic heterocycles. The van der Waals surface area contributed by atoms with E-state index < -0.39 is 18.2 Å². The van der Waals surface area contributed by atoms with Crippen molar-refractivity contribution in [2.24, 2.45) is 11.1 Å². The standard InChI is InChI=1S/C21H15Cl4F3N2O2/c22-14-4-3-11(5-12(14)9-29-19(31)10-1-2-10)17-8-20(32-30-17,21(26,27)28)13-6-15(23)18(25)16(24)7-13/h3-7,10H,1-2,8-9H2,(H,29,31). The maximum atomic E-state index is 14.2. The zero-order valence-electron chi connectivity index (χ0n) is 16.2. The molecule has 2 aromatic rings. The lowest BCUT2D eigenvalue weighted by Gasteiger charge is -2.30. The van der Waals surface area contributed by atoms with Crippen LogP contribution in [-0.2, 0) is 21.8 Å². The van der Waals surface area contributed by atoms with E-state index >= 15 is 0 Å². The predicted octanol–water partition coefficient (Wildman–Crippen LogP) is 6.91. The summed E-state index contributed by atoms with van der Waals surface area (Å²) in [4.78, 5) is 16.9. The Morgan fingerprint density at radius 3 is 2.34 bits per heavy atom. The van der Waals surface area contributed by atoms with E-state index in [1.54, 1.807) is 18.2 Å². The number of nitrogens with one attached hydrogen (secondary N) is 1. The highest BCUT2D eigenvalue weighted by molar-refractivity contribution is 6.48. The fourth-order valence-electron chi connectivity index (χ4n) is 3.41. The second kappa shape index (κ2) is 8.60. The van der Waals surface area contributed by atoms with Gasteiger partial charge in [0.15, 0.2) is 0 Å². The summed E-state index contributed by atoms with van der Waals surface area (Å²) in [5.74, 6) is -0.0458. The third-order valence-corrected chi connectivity index (χ3v) is 6.98. The van der Waals surface area contributed by atoms with E-state index in [0.717, 1.165) is 25.0 Å². The SMILES string of the molecule is O=C(NCc1cc(C2=NOC(c3cc(Cl)c(Cl)c(Cl)c3)(C(F)(F)F)C2)ccc1Cl)C1CC1. The highest BCUT2D eigenvalue weighted by Crippen LogP contribution is 2.50. The molecule has 0 aromatic heterocycles. The molecule has 0 bridgehead atoms. The summed E-state index contributed by atoms with van der Waals surface area (Å²) in [6.45, 7) is 0.156. The Kier molecular flexibility index (Phi) is 6.31. The second-order valence-electron chi connectivity index (χ2n) is 7.68. The molecule has 1 N–H and O–H groups in total. The van der Waals surface area contributed by atoms with Gasteiger partial charge in [-0.2, -0.15) is 13.2 Å². The van der Waals surface area contributed by atoms with Crippen molar-refractivity contribution < 1.29 is 22.8 Å². The minimum atomic E-state index is -4.83. The van der Waals surface area contributed by atoms with Gasteiger partial charge in [0.05, 0.1) is 20.8 Å². The molecule has 2 aromatic carbocycles. The van der Waals surface area contributed by atoms with Crippen molar-refractivity contribution in [2.75, 3.05) is 0 Å². The van der Waals surface area contributed by atoms with Crippen LogP contribution >= 0.6 is 46.4 Å². The van der Waals surface area contributed by atoms with Crippen LogP contribution in [0.25, 0.3) is 0 Å². The van der Waals surface area contributed by atoms with Gasteiger partial charge in [0.2, 0.25) is 5.91 Å². The molecule has 0 spiro atoms. The van der Waals surface area contributed by atoms with Crippen LogP contribution in [-0.4, -0.2) is 17.8 Å². The number of benzene rings is 2. The molecule has 2 aliphatic rings. The highest BCUT2D eigenvalue weighted by atomic mass is 35.5. The Hall–Kier alpha value is -1.67. The quantitative estimate of drug-likeness (QED) is 0.431. The van der Waals surface area contributed by atoms with Gasteiger partial charge in [-0.1, -0.05) is 57.6 Å². The molecule has 11 heteroatoms. The summed E-state index contributed by atoms with van der Waals surface area (Å²) >= 11 is 24.0. The Balaban J connectivity index is 1.62. The molecule has 32 heavy (non-hydrogen) atoms. The topological polar surface area (TPSA) is 50.7 Å². The lowest BCUT2D eigenvalue weighted by Crippen LogP contribution is -2.42. The van der Waals surface area contributed by atoms with Gasteiger partial charge < -0.3 is 10.2 Å². The fraction of sp³-hybridized carbons (Fsp3) is 0.333. The van der Waals surface area contributed by atoms with Gasteiger partial charge in [0, 0.05) is 29.5 Å². The van der Waals surface area contributed by atoms with Crippen LogP contribution in [0.1, 0.15) is 36.0 Å². The zero-order valence-corrected chi connectivity index (χ0v) is 19.2. The molecule has 1 amide bonds. The second-order valence-corrected chi connectivity index (χ2v) is 9.28. The number of amides is 1. The summed E-state index contributed by atoms with van der Waals surface area (Å²) in [5, 5.41) is 6.59. The summed E-state index contributed by atoms with van der Waals surface area (Å²) in [6, 6.07) is 6.82. The number of carbonyl (C=O) groups is 1. The van der Waals surface area contributed by atoms with Crippen molar-refractivity contribution >= 4 is 58.0 Å². The zero-order chi connectivity index (χ0) is 23.3. The molecular formula is C21H15Cl4F3N2O2. The number of hydrogen-bond donors (Lipinski definition) is 1. The number of carbonyl (C=O) groups excluding carboxylic acids is 1. The molecule has 1 heterocycles. The average molecular weight is 526 g/mol. The van der Waals surface area contributed by atoms with Crippen LogP contribution in [0.2, 0.25) is 20.1 Å². The third-order valence-electron chi connectivity index (χ3n) is 5.42. The van der Waals surface area contributed by atoms with E-state index in [0.29, 0.717) is 16.1 Å². The molecule has 0 saturated heterocycles. The van der Waals surface area contributed by atoms with Crippen molar-refractivity contribution in [3.63, 3.8) is 0 Å². The van der Waals surface area contributed by atoms with E-state index in [4.69, 9.17) is 51.2 Å². The number of nitrogens with zero attached hydrogens (tertiary/aromatic N) is 1. The van der Waals surface area contributed by atoms with Crippen molar-refractivity contribution in [2.45, 2.75) is 37.6 Å². The maximum Gasteiger partial charge on any atom is 0.435 e. The number of oxime groups is 1. The van der Waals surface area contributed by atoms with E-state index in [2.05, 4.69) is 10.5 Å². The first-order chi connectivity index (χ1) is 15.0. The van der Waals surface area contributed by atoms with Gasteiger partial charge in [-0.05, 0) is 48.2 Å². The number of alkyl halides is 3. The number of hydrogen-bond acceptors (Lipinski definition) is 3. The molecule has 1 unspecified atom stereocenters. The Labute approximate surface area is 201 Å². The average Bonchev–Trinajstić information content (AvgIpc) is 3.48. The Bertz CT molecular complexity index is 1100. The van der Waals surface area contributed by atoms with Crippen LogP contribution in [0.15, 0.2) is 35.5 Å². The van der Waals surface area contributed by atoms with Gasteiger partial charge in [0.1, 0.15) is 0 Å². The lowest BCUT2D eigenvalue weighted by atomic mass is 9.86. The molecule has 170 valence electrons. The van der Waals surface area contributed by atoms with Gasteiger partial charge in [0.25, 0.3) is 5.60 Å². The first kappa shape index (κ1) is 23.5. The first-order valence-corrected chi connectivity index (χ1v) is 11.1. The van der Waals surface area contributed by atoms with E-state index in [1.165, 1.54) is 0 Å². The van der Waals surface area contributed by atoms with E-state index in [9.17, 15) is 18.0 Å². The molecule has 0 radical (unpaired) electrons. The minimum Gasteiger partial charge on any atom is -0.374 e. The van der Waals surface area contributed by atoms with Crippen LogP contribution in [0, 0.1) is 5.92 Å². The number of rotatable bonds is 5. The van der Waals surface area contributed by atoms with Gasteiger partial charge in [-0.15, -0.1) is 0 Å². The smallest absolute Gasteiger partial charge is 0.374 e. The van der Waals surface area contributed by atoms with E-state index in [1.807, 2.05) is 0 Å². The Morgan fingerprint density at radius 1 is 1.09 bits per heavy atom. The molecule has 1 aliphatic carbocycles. The van der Waals surface area contributed by atoms with Crippen LogP contribution in [0.3, 0.4) is 0 Å². The summed E-state index contributed by atoms with van der Waals surface area (Å²) in [5.41, 5.74) is -2.07. The molecule has 1 fully saturated rings. The summed E-state index contributed by atoms with van der Waals surface area (Å²) in [6.07, 6.45) is -3.73. The van der Waals surface area contributed by atoms with Crippen LogP contribution in [0.4, 0.5) is 13.2 Å². The van der Waals surface area contributed by atoms with Gasteiger partial charge in [-0.3, -0.25) is 4.79 Å². The molecular weight excluding hydrogens is 511 g/mol. The largest absolute Gasteiger partial charge is 0.435 e. The predicted molar refractivity (Wildman–Crippen MR) is 117 cm³/mol. The molecule has 4 nitrogen and oxygen atoms in total. The molecule has 1 saturated carbocycles. The molecule has 1 atom stereocenters. The summed E-state index contributed by atoms with van der Waals surface area (Å²) in [7, 11) is 0. The minimum absolute atomic E-state index is 0.0231. The highest BCUT2D eigenvalue weighted by Gasteiger charge is 2.62. The normalized spacial score (nSPS) is 20.7. The van der Waals surface area contributed by atoms with Crippen molar-refractivity contribution in [3.05, 3.63) is 67.1 Å². The summed E-state index contributed by atoms with van der Waals surface area (Å²) < 4.78 is 42.6. The van der Waals surface area contributed by atoms with Crippen LogP contribution < -0.4 is 5.32 Å². The third kappa shape index (κ3) is 4.40. The van der Waals surface area contributed by atoms with E-state index in [-0.39, 0.29) is 44.7 Å². The van der Waals surface area contributed by atoms with Crippen molar-refractivity contribution in [1.29, 1.82) is 0 Å². The van der Waals surface area contributed by atoms with Gasteiger partial charge in [-0.25, -0.2) is 0 Å². The Morgan fingerprint density at radius 2 is 1.75 bits per heavy atom. The monoisotopic (exact) mass is 524 g/mol. The lowest BCUT2D eigenvalue weighted by molar-refractivity contribution is -0.275. The fourth-order valence-corrected chi connectivity index (χ4v) is 4.19. The van der Waals surface area contributed by atoms with Crippen molar-refractivity contribution in [3.8, 4) is 0 Å². The first-order valence-electron chi connectivity index (χ1n) is 9.55. The maximum absolute atomic E-state index is 14.2. The number of halogens is 7. The van der Waals surface area contributed by atoms with Crippen molar-refractivity contribution in [1.82, 2.24) is 5.32 Å². The molecule has 4 rings (SSSR count). The van der Waals surface area contributed by atoms with Gasteiger partial charge >= 0.3 is 6.18 Å².